The van der Waals surface area contributed by atoms with Crippen LogP contribution >= 0.6 is 0 Å². The summed E-state index contributed by atoms with van der Waals surface area (Å²) in [7, 11) is -4.32. The number of Topliss-reactive ketones (excluding diaryl/α,β-unsaturated/α-hetero) is 1. The van der Waals surface area contributed by atoms with Crippen LogP contribution in [0, 0.1) is 0 Å². The quantitative estimate of drug-likeness (QED) is 0.649. The number of carbonyl (C=O) groups excluding carboxylic acids is 2. The van der Waals surface area contributed by atoms with Gasteiger partial charge < -0.3 is 5.32 Å². The second-order valence-corrected chi connectivity index (χ2v) is 7.57. The summed E-state index contributed by atoms with van der Waals surface area (Å²) < 4.78 is 61.5. The minimum absolute atomic E-state index is 0.00364. The number of sulfonamides is 1. The third kappa shape index (κ3) is 6.78. The Kier molecular flexibility index (Phi) is 6.92. The number of halogens is 3. The molecule has 2 rings (SSSR count). The fourth-order valence-corrected chi connectivity index (χ4v) is 3.21. The van der Waals surface area contributed by atoms with E-state index in [1.807, 2.05) is 0 Å². The van der Waals surface area contributed by atoms with Gasteiger partial charge in [0.1, 0.15) is 6.54 Å². The minimum Gasteiger partial charge on any atom is -0.326 e. The fraction of sp³-hybridized carbons (Fsp3) is 0.222. The van der Waals surface area contributed by atoms with Crippen molar-refractivity contribution in [3.8, 4) is 0 Å². The van der Waals surface area contributed by atoms with Crippen LogP contribution < -0.4 is 10.0 Å². The molecule has 0 bridgehead atoms. The number of alkyl halides is 3. The molecule has 2 N–H and O–H groups in total. The summed E-state index contributed by atoms with van der Waals surface area (Å²) in [5, 5.41) is 2.50. The van der Waals surface area contributed by atoms with Gasteiger partial charge in [-0.25, -0.2) is 13.1 Å². The molecule has 0 saturated carbocycles. The van der Waals surface area contributed by atoms with Crippen molar-refractivity contribution in [3.63, 3.8) is 0 Å². The van der Waals surface area contributed by atoms with E-state index in [9.17, 15) is 31.2 Å². The van der Waals surface area contributed by atoms with Crippen LogP contribution in [0.4, 0.5) is 18.9 Å². The first-order valence-electron chi connectivity index (χ1n) is 8.11. The fourth-order valence-electron chi connectivity index (χ4n) is 2.20. The third-order valence-electron chi connectivity index (χ3n) is 3.59. The Morgan fingerprint density at radius 3 is 2.07 bits per heavy atom. The molecule has 0 atom stereocenters. The van der Waals surface area contributed by atoms with Crippen molar-refractivity contribution in [2.75, 3.05) is 11.9 Å². The van der Waals surface area contributed by atoms with Crippen LogP contribution in [0.2, 0.25) is 0 Å². The van der Waals surface area contributed by atoms with Crippen LogP contribution in [-0.2, 0) is 14.8 Å². The lowest BCUT2D eigenvalue weighted by atomic mass is 10.1. The summed E-state index contributed by atoms with van der Waals surface area (Å²) in [6.07, 6.45) is -4.73. The number of hydrogen-bond donors (Lipinski definition) is 2. The lowest BCUT2D eigenvalue weighted by molar-refractivity contribution is -0.121. The molecule has 28 heavy (non-hydrogen) atoms. The SMILES string of the molecule is O=C(CCC(=O)c1ccccc1)Nc1ccc(S(=O)(=O)NCC(F)(F)F)cc1. The van der Waals surface area contributed by atoms with Crippen LogP contribution in [0.1, 0.15) is 23.2 Å². The van der Waals surface area contributed by atoms with Gasteiger partial charge >= 0.3 is 6.18 Å². The van der Waals surface area contributed by atoms with E-state index >= 15 is 0 Å². The molecule has 0 unspecified atom stereocenters. The number of hydrogen-bond acceptors (Lipinski definition) is 4. The molecule has 0 radical (unpaired) electrons. The summed E-state index contributed by atoms with van der Waals surface area (Å²) in [6, 6.07) is 13.1. The number of anilines is 1. The first kappa shape index (κ1) is 21.6. The van der Waals surface area contributed by atoms with Gasteiger partial charge in [0.2, 0.25) is 15.9 Å². The zero-order valence-electron chi connectivity index (χ0n) is 14.5. The Bertz CT molecular complexity index is 928. The van der Waals surface area contributed by atoms with E-state index in [-0.39, 0.29) is 29.2 Å². The number of ketones is 1. The van der Waals surface area contributed by atoms with Crippen LogP contribution in [0.15, 0.2) is 59.5 Å². The summed E-state index contributed by atoms with van der Waals surface area (Å²) in [5.74, 6) is -0.636. The summed E-state index contributed by atoms with van der Waals surface area (Å²) in [6.45, 7) is -1.68. The van der Waals surface area contributed by atoms with Gasteiger partial charge in [0.25, 0.3) is 0 Å². The molecule has 0 heterocycles. The Morgan fingerprint density at radius 1 is 0.893 bits per heavy atom. The van der Waals surface area contributed by atoms with Gasteiger partial charge in [0.15, 0.2) is 5.78 Å². The zero-order valence-corrected chi connectivity index (χ0v) is 15.3. The van der Waals surface area contributed by atoms with E-state index in [2.05, 4.69) is 5.32 Å². The predicted molar refractivity (Wildman–Crippen MR) is 96.3 cm³/mol. The van der Waals surface area contributed by atoms with Crippen molar-refractivity contribution in [2.24, 2.45) is 0 Å². The summed E-state index contributed by atoms with van der Waals surface area (Å²) >= 11 is 0. The molecule has 2 aromatic rings. The molecule has 150 valence electrons. The molecule has 0 aliphatic heterocycles. The Labute approximate surface area is 159 Å². The molecular weight excluding hydrogens is 397 g/mol. The maximum atomic E-state index is 12.1. The van der Waals surface area contributed by atoms with Crippen LogP contribution in [0.5, 0.6) is 0 Å². The van der Waals surface area contributed by atoms with Gasteiger partial charge in [-0.1, -0.05) is 30.3 Å². The number of rotatable bonds is 8. The zero-order chi connectivity index (χ0) is 20.8. The van der Waals surface area contributed by atoms with Gasteiger partial charge in [0, 0.05) is 24.1 Å². The van der Waals surface area contributed by atoms with Crippen molar-refractivity contribution in [1.82, 2.24) is 4.72 Å². The maximum Gasteiger partial charge on any atom is 0.402 e. The van der Waals surface area contributed by atoms with Crippen LogP contribution in [-0.4, -0.2) is 32.8 Å². The largest absolute Gasteiger partial charge is 0.402 e. The Balaban J connectivity index is 1.89. The smallest absolute Gasteiger partial charge is 0.326 e. The molecule has 0 aromatic heterocycles. The highest BCUT2D eigenvalue weighted by Crippen LogP contribution is 2.17. The van der Waals surface area contributed by atoms with Crippen molar-refractivity contribution in [3.05, 3.63) is 60.2 Å². The highest BCUT2D eigenvalue weighted by atomic mass is 32.2. The van der Waals surface area contributed by atoms with Crippen LogP contribution in [0.3, 0.4) is 0 Å². The van der Waals surface area contributed by atoms with E-state index in [0.717, 1.165) is 12.1 Å². The normalized spacial score (nSPS) is 11.8. The number of nitrogens with one attached hydrogen (secondary N) is 2. The number of benzene rings is 2. The van der Waals surface area contributed by atoms with Crippen molar-refractivity contribution in [1.29, 1.82) is 0 Å². The van der Waals surface area contributed by atoms with Gasteiger partial charge in [-0.2, -0.15) is 13.2 Å². The highest BCUT2D eigenvalue weighted by Gasteiger charge is 2.30. The molecule has 0 spiro atoms. The van der Waals surface area contributed by atoms with Crippen molar-refractivity contribution in [2.45, 2.75) is 23.9 Å². The minimum atomic E-state index is -4.67. The van der Waals surface area contributed by atoms with Crippen molar-refractivity contribution < 1.29 is 31.2 Å². The first-order valence-corrected chi connectivity index (χ1v) is 9.60. The van der Waals surface area contributed by atoms with E-state index in [1.54, 1.807) is 30.3 Å². The molecule has 0 aliphatic rings. The second kappa shape index (κ2) is 8.98. The van der Waals surface area contributed by atoms with Crippen molar-refractivity contribution >= 4 is 27.4 Å². The topological polar surface area (TPSA) is 92.3 Å². The first-order chi connectivity index (χ1) is 13.1. The average Bonchev–Trinajstić information content (AvgIpc) is 2.65. The van der Waals surface area contributed by atoms with Gasteiger partial charge in [-0.05, 0) is 24.3 Å². The molecule has 10 heteroatoms. The van der Waals surface area contributed by atoms with Gasteiger partial charge in [0.05, 0.1) is 4.90 Å². The van der Waals surface area contributed by atoms with Crippen LogP contribution in [0.25, 0.3) is 0 Å². The molecule has 6 nitrogen and oxygen atoms in total. The van der Waals surface area contributed by atoms with E-state index < -0.39 is 28.7 Å². The molecule has 1 amide bonds. The standard InChI is InChI=1S/C18H17F3N2O4S/c19-18(20,21)12-22-28(26,27)15-8-6-14(7-9-15)23-17(25)11-10-16(24)13-4-2-1-3-5-13/h1-9,22H,10-12H2,(H,23,25). The monoisotopic (exact) mass is 414 g/mol. The number of amides is 1. The Morgan fingerprint density at radius 2 is 1.50 bits per heavy atom. The highest BCUT2D eigenvalue weighted by molar-refractivity contribution is 7.89. The lowest BCUT2D eigenvalue weighted by Crippen LogP contribution is -2.33. The molecule has 2 aromatic carbocycles. The van der Waals surface area contributed by atoms with E-state index in [0.29, 0.717) is 5.56 Å². The lowest BCUT2D eigenvalue weighted by Gasteiger charge is -2.10. The van der Waals surface area contributed by atoms with Gasteiger partial charge in [-0.3, -0.25) is 9.59 Å². The van der Waals surface area contributed by atoms with Gasteiger partial charge in [-0.15, -0.1) is 0 Å². The number of carbonyl (C=O) groups is 2. The van der Waals surface area contributed by atoms with E-state index in [4.69, 9.17) is 0 Å². The summed E-state index contributed by atoms with van der Waals surface area (Å²) in [4.78, 5) is 23.5. The molecule has 0 fully saturated rings. The molecule has 0 aliphatic carbocycles. The van der Waals surface area contributed by atoms with E-state index in [1.165, 1.54) is 16.9 Å². The maximum absolute atomic E-state index is 12.1. The second-order valence-electron chi connectivity index (χ2n) is 5.80. The summed E-state index contributed by atoms with van der Waals surface area (Å²) in [5.41, 5.74) is 0.753. The third-order valence-corrected chi connectivity index (χ3v) is 5.00. The average molecular weight is 414 g/mol. The molecule has 0 saturated heterocycles. The molecular formula is C18H17F3N2O4S. The Hall–Kier alpha value is -2.72. The predicted octanol–water partition coefficient (Wildman–Crippen LogP) is 3.13.